The molecule has 0 bridgehead atoms. The molecule has 8 heteroatoms. The Morgan fingerprint density at radius 1 is 0.964 bits per heavy atom. The van der Waals surface area contributed by atoms with Crippen LogP contribution < -0.4 is 10.3 Å². The maximum atomic E-state index is 12.6. The van der Waals surface area contributed by atoms with Crippen molar-refractivity contribution >= 4 is 21.9 Å². The normalized spacial score (nSPS) is 11.9. The highest BCUT2D eigenvalue weighted by molar-refractivity contribution is 7.89. The molecule has 0 radical (unpaired) electrons. The van der Waals surface area contributed by atoms with E-state index in [1.807, 2.05) is 37.7 Å². The lowest BCUT2D eigenvalue weighted by molar-refractivity contribution is 0.0696. The first kappa shape index (κ1) is 21.6. The number of carbonyl (C=O) groups excluding carboxylic acids is 1. The van der Waals surface area contributed by atoms with E-state index in [-0.39, 0.29) is 15.9 Å². The van der Waals surface area contributed by atoms with Gasteiger partial charge in [0.25, 0.3) is 15.9 Å². The van der Waals surface area contributed by atoms with E-state index in [0.717, 1.165) is 11.6 Å². The van der Waals surface area contributed by atoms with Gasteiger partial charge in [-0.3, -0.25) is 10.2 Å². The largest absolute Gasteiger partial charge is 0.478 e. The molecule has 0 aliphatic heterocycles. The number of carboxylic acids is 1. The van der Waals surface area contributed by atoms with Crippen molar-refractivity contribution in [3.05, 3.63) is 64.2 Å². The summed E-state index contributed by atoms with van der Waals surface area (Å²) in [5.74, 6) is -1.85. The van der Waals surface area contributed by atoms with Crippen molar-refractivity contribution in [2.24, 2.45) is 0 Å². The van der Waals surface area contributed by atoms with E-state index in [2.05, 4.69) is 5.43 Å². The lowest BCUT2D eigenvalue weighted by atomic mass is 9.87. The quantitative estimate of drug-likeness (QED) is 0.663. The third kappa shape index (κ3) is 4.76. The van der Waals surface area contributed by atoms with Crippen LogP contribution in [0.1, 0.15) is 58.2 Å². The van der Waals surface area contributed by atoms with E-state index in [1.165, 1.54) is 6.07 Å². The van der Waals surface area contributed by atoms with Crippen LogP contribution in [-0.2, 0) is 15.4 Å². The van der Waals surface area contributed by atoms with E-state index in [0.29, 0.717) is 16.7 Å². The number of nitrogens with one attached hydrogen (secondary N) is 2. The molecule has 0 unspecified atom stereocenters. The van der Waals surface area contributed by atoms with Crippen LogP contribution in [0.3, 0.4) is 0 Å². The lowest BCUT2D eigenvalue weighted by Gasteiger charge is -2.19. The summed E-state index contributed by atoms with van der Waals surface area (Å²) >= 11 is 0. The molecular formula is C20H24N2O5S. The maximum absolute atomic E-state index is 12.6. The standard InChI is InChI=1S/C20H24N2O5S/c1-12-10-15(19(24)25)11-17(13(12)2)28(26,27)22-21-18(23)14-6-8-16(9-7-14)20(3,4)5/h6-11,22H,1-5H3,(H,21,23)(H,24,25). The van der Waals surface area contributed by atoms with E-state index in [4.69, 9.17) is 5.11 Å². The number of amides is 1. The van der Waals surface area contributed by atoms with Gasteiger partial charge in [0.2, 0.25) is 0 Å². The maximum Gasteiger partial charge on any atom is 0.335 e. The van der Waals surface area contributed by atoms with Gasteiger partial charge in [-0.1, -0.05) is 32.9 Å². The van der Waals surface area contributed by atoms with Crippen molar-refractivity contribution in [3.8, 4) is 0 Å². The van der Waals surface area contributed by atoms with Crippen LogP contribution in [0.25, 0.3) is 0 Å². The molecule has 28 heavy (non-hydrogen) atoms. The van der Waals surface area contributed by atoms with Crippen molar-refractivity contribution in [2.45, 2.75) is 44.9 Å². The van der Waals surface area contributed by atoms with Crippen LogP contribution >= 0.6 is 0 Å². The Morgan fingerprint density at radius 3 is 2.04 bits per heavy atom. The Kier molecular flexibility index (Phi) is 5.96. The summed E-state index contributed by atoms with van der Waals surface area (Å²) in [7, 11) is -4.15. The third-order valence-electron chi connectivity index (χ3n) is 4.47. The summed E-state index contributed by atoms with van der Waals surface area (Å²) in [4.78, 5) is 25.3. The molecule has 3 N–H and O–H groups in total. The zero-order valence-corrected chi connectivity index (χ0v) is 17.3. The number of benzene rings is 2. The molecule has 0 fully saturated rings. The number of aromatic carboxylic acids is 1. The first-order chi connectivity index (χ1) is 12.8. The van der Waals surface area contributed by atoms with Crippen LogP contribution in [0.5, 0.6) is 0 Å². The third-order valence-corrected chi connectivity index (χ3v) is 5.84. The van der Waals surface area contributed by atoms with Gasteiger partial charge in [0.1, 0.15) is 0 Å². The molecule has 0 heterocycles. The van der Waals surface area contributed by atoms with E-state index >= 15 is 0 Å². The summed E-state index contributed by atoms with van der Waals surface area (Å²) < 4.78 is 25.2. The Bertz CT molecular complexity index is 1020. The second-order valence-corrected chi connectivity index (χ2v) is 9.26. The van der Waals surface area contributed by atoms with Gasteiger partial charge in [0, 0.05) is 5.56 Å². The second kappa shape index (κ2) is 7.73. The van der Waals surface area contributed by atoms with Gasteiger partial charge in [-0.05, 0) is 60.2 Å². The number of carbonyl (C=O) groups is 2. The van der Waals surface area contributed by atoms with Gasteiger partial charge in [-0.25, -0.2) is 13.2 Å². The van der Waals surface area contributed by atoms with Gasteiger partial charge in [-0.15, -0.1) is 4.83 Å². The van der Waals surface area contributed by atoms with Crippen molar-refractivity contribution in [1.82, 2.24) is 10.3 Å². The van der Waals surface area contributed by atoms with Gasteiger partial charge >= 0.3 is 5.97 Å². The Balaban J connectivity index is 2.22. The van der Waals surface area contributed by atoms with E-state index < -0.39 is 21.9 Å². The lowest BCUT2D eigenvalue weighted by Crippen LogP contribution is -2.41. The van der Waals surface area contributed by atoms with E-state index in [9.17, 15) is 18.0 Å². The fourth-order valence-corrected chi connectivity index (χ4v) is 3.78. The summed E-state index contributed by atoms with van der Waals surface area (Å²) in [5.41, 5.74) is 4.21. The fourth-order valence-electron chi connectivity index (χ4n) is 2.59. The molecule has 0 aromatic heterocycles. The number of carboxylic acid groups (broad SMARTS) is 1. The predicted octanol–water partition coefficient (Wildman–Crippen LogP) is 2.92. The number of rotatable bonds is 5. The topological polar surface area (TPSA) is 113 Å². The summed E-state index contributed by atoms with van der Waals surface area (Å²) in [6.07, 6.45) is 0. The Morgan fingerprint density at radius 2 is 1.54 bits per heavy atom. The van der Waals surface area contributed by atoms with Gasteiger partial charge in [0.05, 0.1) is 10.5 Å². The minimum atomic E-state index is -4.15. The Hall–Kier alpha value is -2.71. The molecule has 0 spiro atoms. The van der Waals surface area contributed by atoms with Gasteiger partial charge in [-0.2, -0.15) is 0 Å². The fraction of sp³-hybridized carbons (Fsp3) is 0.300. The first-order valence-electron chi connectivity index (χ1n) is 8.60. The zero-order valence-electron chi connectivity index (χ0n) is 16.5. The molecule has 0 saturated carbocycles. The molecule has 0 aliphatic carbocycles. The molecule has 2 aromatic carbocycles. The smallest absolute Gasteiger partial charge is 0.335 e. The highest BCUT2D eigenvalue weighted by atomic mass is 32.2. The highest BCUT2D eigenvalue weighted by Gasteiger charge is 2.22. The minimum absolute atomic E-state index is 0.0683. The molecule has 0 atom stereocenters. The average molecular weight is 404 g/mol. The molecule has 150 valence electrons. The number of aryl methyl sites for hydroxylation is 1. The summed E-state index contributed by atoms with van der Waals surface area (Å²) in [6, 6.07) is 9.32. The SMILES string of the molecule is Cc1cc(C(=O)O)cc(S(=O)(=O)NNC(=O)c2ccc(C(C)(C)C)cc2)c1C. The molecule has 2 rings (SSSR count). The number of hydrazine groups is 1. The molecular weight excluding hydrogens is 380 g/mol. The van der Waals surface area contributed by atoms with Crippen LogP contribution in [0.4, 0.5) is 0 Å². The summed E-state index contributed by atoms with van der Waals surface area (Å²) in [6.45, 7) is 9.34. The first-order valence-corrected chi connectivity index (χ1v) is 10.1. The molecule has 0 saturated heterocycles. The van der Waals surface area contributed by atoms with E-state index in [1.54, 1.807) is 26.0 Å². The van der Waals surface area contributed by atoms with Crippen LogP contribution in [-0.4, -0.2) is 25.4 Å². The summed E-state index contributed by atoms with van der Waals surface area (Å²) in [5, 5.41) is 9.15. The number of hydrogen-bond acceptors (Lipinski definition) is 4. The predicted molar refractivity (Wildman–Crippen MR) is 106 cm³/mol. The molecule has 1 amide bonds. The second-order valence-electron chi connectivity index (χ2n) is 7.61. The Labute approximate surface area is 164 Å². The van der Waals surface area contributed by atoms with Crippen molar-refractivity contribution < 1.29 is 23.1 Å². The van der Waals surface area contributed by atoms with Crippen molar-refractivity contribution in [3.63, 3.8) is 0 Å². The highest BCUT2D eigenvalue weighted by Crippen LogP contribution is 2.23. The number of sulfonamides is 1. The molecule has 7 nitrogen and oxygen atoms in total. The van der Waals surface area contributed by atoms with Crippen LogP contribution in [0.2, 0.25) is 0 Å². The van der Waals surface area contributed by atoms with Crippen LogP contribution in [0, 0.1) is 13.8 Å². The van der Waals surface area contributed by atoms with Gasteiger partial charge < -0.3 is 5.11 Å². The number of hydrogen-bond donors (Lipinski definition) is 3. The minimum Gasteiger partial charge on any atom is -0.478 e. The van der Waals surface area contributed by atoms with Crippen molar-refractivity contribution in [1.29, 1.82) is 0 Å². The van der Waals surface area contributed by atoms with Crippen molar-refractivity contribution in [2.75, 3.05) is 0 Å². The monoisotopic (exact) mass is 404 g/mol. The average Bonchev–Trinajstić information content (AvgIpc) is 2.61. The molecule has 0 aliphatic rings. The van der Waals surface area contributed by atoms with Gasteiger partial charge in [0.15, 0.2) is 0 Å². The zero-order chi connectivity index (χ0) is 21.3. The molecule has 2 aromatic rings. The van der Waals surface area contributed by atoms with Crippen LogP contribution in [0.15, 0.2) is 41.3 Å².